The summed E-state index contributed by atoms with van der Waals surface area (Å²) in [5.41, 5.74) is 2.56. The molecule has 0 radical (unpaired) electrons. The minimum atomic E-state index is -3.52. The third kappa shape index (κ3) is 9.07. The van der Waals surface area contributed by atoms with Crippen LogP contribution in [0.1, 0.15) is 58.1 Å². The molecule has 2 aromatic rings. The van der Waals surface area contributed by atoms with Crippen molar-refractivity contribution in [3.63, 3.8) is 0 Å². The first-order valence-corrected chi connectivity index (χ1v) is 14.6. The van der Waals surface area contributed by atoms with Crippen molar-refractivity contribution < 1.29 is 22.7 Å². The van der Waals surface area contributed by atoms with Gasteiger partial charge in [0.25, 0.3) is 0 Å². The molecule has 8 nitrogen and oxygen atoms in total. The van der Waals surface area contributed by atoms with Crippen molar-refractivity contribution in [3.05, 3.63) is 59.7 Å². The second-order valence-corrected chi connectivity index (χ2v) is 11.2. The highest BCUT2D eigenvalue weighted by Gasteiger charge is 2.27. The number of carbonyl (C=O) groups is 2. The molecule has 2 rings (SSSR count). The Kier molecular flexibility index (Phi) is 11.4. The minimum absolute atomic E-state index is 0.00435. The van der Waals surface area contributed by atoms with Crippen molar-refractivity contribution >= 4 is 27.5 Å². The fraction of sp³-hybridized carbons (Fsp3) is 0.500. The van der Waals surface area contributed by atoms with Crippen LogP contribution in [0.3, 0.4) is 0 Å². The maximum Gasteiger partial charge on any atom is 0.242 e. The molecule has 2 aromatic carbocycles. The van der Waals surface area contributed by atoms with Gasteiger partial charge in [-0.3, -0.25) is 13.9 Å². The van der Waals surface area contributed by atoms with E-state index in [1.807, 2.05) is 57.2 Å². The number of amides is 2. The van der Waals surface area contributed by atoms with Crippen molar-refractivity contribution in [1.82, 2.24) is 10.2 Å². The Balaban J connectivity index is 2.17. The standard InChI is InChI=1S/C28H41N3O5S/c1-7-21(3)29-28(33)22(4)30(20-24-13-17-26(36-5)18-14-24)27(32)10-9-19-31(37(6,34)35)25-15-11-23(8-2)12-16-25/h11-18,21-22H,7-10,19-20H2,1-6H3,(H,29,33)/t21-,22+/m0/s1. The lowest BCUT2D eigenvalue weighted by atomic mass is 10.1. The Labute approximate surface area is 222 Å². The fourth-order valence-corrected chi connectivity index (χ4v) is 4.84. The zero-order chi connectivity index (χ0) is 27.6. The highest BCUT2D eigenvalue weighted by molar-refractivity contribution is 7.92. The van der Waals surface area contributed by atoms with Gasteiger partial charge in [0.15, 0.2) is 0 Å². The molecular formula is C28H41N3O5S. The number of benzene rings is 2. The number of rotatable bonds is 14. The average Bonchev–Trinajstić information content (AvgIpc) is 2.88. The lowest BCUT2D eigenvalue weighted by molar-refractivity contribution is -0.140. The molecule has 204 valence electrons. The number of ether oxygens (including phenoxy) is 1. The Morgan fingerprint density at radius 1 is 0.973 bits per heavy atom. The molecule has 0 bridgehead atoms. The van der Waals surface area contributed by atoms with Crippen LogP contribution in [-0.4, -0.2) is 57.1 Å². The fourth-order valence-electron chi connectivity index (χ4n) is 3.88. The van der Waals surface area contributed by atoms with Crippen molar-refractivity contribution in [2.45, 2.75) is 72.0 Å². The summed E-state index contributed by atoms with van der Waals surface area (Å²) in [6, 6.07) is 14.1. The lowest BCUT2D eigenvalue weighted by Crippen LogP contribution is -2.49. The number of anilines is 1. The molecule has 2 atom stereocenters. The van der Waals surface area contributed by atoms with Crippen molar-refractivity contribution in [3.8, 4) is 5.75 Å². The third-order valence-electron chi connectivity index (χ3n) is 6.47. The van der Waals surface area contributed by atoms with E-state index in [9.17, 15) is 18.0 Å². The van der Waals surface area contributed by atoms with Crippen LogP contribution in [0.2, 0.25) is 0 Å². The molecule has 37 heavy (non-hydrogen) atoms. The Bertz CT molecular complexity index is 1120. The van der Waals surface area contributed by atoms with Gasteiger partial charge in [-0.05, 0) is 68.5 Å². The summed E-state index contributed by atoms with van der Waals surface area (Å²) in [6.45, 7) is 8.09. The second kappa shape index (κ2) is 14.0. The molecule has 0 aliphatic heterocycles. The molecule has 9 heteroatoms. The van der Waals surface area contributed by atoms with Gasteiger partial charge in [0, 0.05) is 25.6 Å². The third-order valence-corrected chi connectivity index (χ3v) is 7.66. The number of hydrogen-bond acceptors (Lipinski definition) is 5. The first-order valence-electron chi connectivity index (χ1n) is 12.8. The number of nitrogens with zero attached hydrogens (tertiary/aromatic N) is 2. The van der Waals surface area contributed by atoms with Crippen LogP contribution in [0.5, 0.6) is 5.75 Å². The lowest BCUT2D eigenvalue weighted by Gasteiger charge is -2.30. The highest BCUT2D eigenvalue weighted by atomic mass is 32.2. The monoisotopic (exact) mass is 531 g/mol. The van der Waals surface area contributed by atoms with E-state index in [0.717, 1.165) is 24.0 Å². The second-order valence-electron chi connectivity index (χ2n) is 9.32. The van der Waals surface area contributed by atoms with Crippen LogP contribution < -0.4 is 14.4 Å². The maximum absolute atomic E-state index is 13.4. The highest BCUT2D eigenvalue weighted by Crippen LogP contribution is 2.21. The summed E-state index contributed by atoms with van der Waals surface area (Å²) in [5, 5.41) is 2.95. The average molecular weight is 532 g/mol. The van der Waals surface area contributed by atoms with E-state index < -0.39 is 16.1 Å². The smallest absolute Gasteiger partial charge is 0.242 e. The molecule has 0 fully saturated rings. The van der Waals surface area contributed by atoms with E-state index in [0.29, 0.717) is 17.9 Å². The van der Waals surface area contributed by atoms with Crippen molar-refractivity contribution in [2.24, 2.45) is 0 Å². The first kappa shape index (κ1) is 30.2. The number of aryl methyl sites for hydroxylation is 1. The molecule has 0 spiro atoms. The summed E-state index contributed by atoms with van der Waals surface area (Å²) < 4.78 is 31.5. The van der Waals surface area contributed by atoms with Gasteiger partial charge in [0.1, 0.15) is 11.8 Å². The van der Waals surface area contributed by atoms with E-state index in [2.05, 4.69) is 5.32 Å². The maximum atomic E-state index is 13.4. The summed E-state index contributed by atoms with van der Waals surface area (Å²) in [6.07, 6.45) is 3.24. The van der Waals surface area contributed by atoms with Gasteiger partial charge in [-0.2, -0.15) is 0 Å². The molecule has 0 saturated heterocycles. The number of hydrogen-bond donors (Lipinski definition) is 1. The number of sulfonamides is 1. The van der Waals surface area contributed by atoms with E-state index in [1.165, 1.54) is 10.6 Å². The molecule has 0 aliphatic rings. The summed E-state index contributed by atoms with van der Waals surface area (Å²) in [4.78, 5) is 27.8. The van der Waals surface area contributed by atoms with E-state index in [-0.39, 0.29) is 37.4 Å². The molecule has 0 unspecified atom stereocenters. The summed E-state index contributed by atoms with van der Waals surface area (Å²) in [5.74, 6) is 0.277. The van der Waals surface area contributed by atoms with Crippen LogP contribution in [0.15, 0.2) is 48.5 Å². The van der Waals surface area contributed by atoms with Crippen molar-refractivity contribution in [2.75, 3.05) is 24.2 Å². The minimum Gasteiger partial charge on any atom is -0.497 e. The van der Waals surface area contributed by atoms with E-state index >= 15 is 0 Å². The van der Waals surface area contributed by atoms with Gasteiger partial charge in [0.05, 0.1) is 19.1 Å². The zero-order valence-corrected chi connectivity index (χ0v) is 23.7. The first-order chi connectivity index (χ1) is 17.5. The SMILES string of the molecule is CCc1ccc(N(CCCC(=O)N(Cc2ccc(OC)cc2)[C@H](C)C(=O)N[C@@H](C)CC)S(C)(=O)=O)cc1. The predicted molar refractivity (Wildman–Crippen MR) is 148 cm³/mol. The van der Waals surface area contributed by atoms with Crippen LogP contribution in [-0.2, 0) is 32.6 Å². The topological polar surface area (TPSA) is 96.0 Å². The van der Waals surface area contributed by atoms with Crippen LogP contribution in [0.25, 0.3) is 0 Å². The molecular weight excluding hydrogens is 490 g/mol. The van der Waals surface area contributed by atoms with Gasteiger partial charge < -0.3 is 15.0 Å². The molecule has 0 aromatic heterocycles. The molecule has 1 N–H and O–H groups in total. The molecule has 0 heterocycles. The van der Waals surface area contributed by atoms with E-state index in [1.54, 1.807) is 31.1 Å². The summed E-state index contributed by atoms with van der Waals surface area (Å²) in [7, 11) is -1.94. The van der Waals surface area contributed by atoms with E-state index in [4.69, 9.17) is 4.74 Å². The number of carbonyl (C=O) groups excluding carboxylic acids is 2. The zero-order valence-electron chi connectivity index (χ0n) is 22.9. The molecule has 2 amide bonds. The Morgan fingerprint density at radius 2 is 1.57 bits per heavy atom. The normalized spacial score (nSPS) is 12.9. The van der Waals surface area contributed by atoms with Gasteiger partial charge in [-0.1, -0.05) is 38.1 Å². The van der Waals surface area contributed by atoms with Gasteiger partial charge in [-0.15, -0.1) is 0 Å². The molecule has 0 saturated carbocycles. The number of nitrogens with one attached hydrogen (secondary N) is 1. The number of methoxy groups -OCH3 is 1. The van der Waals surface area contributed by atoms with Gasteiger partial charge >= 0.3 is 0 Å². The van der Waals surface area contributed by atoms with Crippen LogP contribution in [0, 0.1) is 0 Å². The quantitative estimate of drug-likeness (QED) is 0.395. The Hall–Kier alpha value is -3.07. The van der Waals surface area contributed by atoms with Crippen molar-refractivity contribution in [1.29, 1.82) is 0 Å². The van der Waals surface area contributed by atoms with Gasteiger partial charge in [-0.25, -0.2) is 8.42 Å². The van der Waals surface area contributed by atoms with Crippen LogP contribution >= 0.6 is 0 Å². The van der Waals surface area contributed by atoms with Gasteiger partial charge in [0.2, 0.25) is 21.8 Å². The Morgan fingerprint density at radius 3 is 2.08 bits per heavy atom. The van der Waals surface area contributed by atoms with Crippen LogP contribution in [0.4, 0.5) is 5.69 Å². The summed E-state index contributed by atoms with van der Waals surface area (Å²) >= 11 is 0. The predicted octanol–water partition coefficient (Wildman–Crippen LogP) is 4.14. The largest absolute Gasteiger partial charge is 0.497 e. The molecule has 0 aliphatic carbocycles.